The minimum Gasteiger partial charge on any atom is -1.00 e. The quantitative estimate of drug-likeness (QED) is 0.353. The Balaban J connectivity index is 0.00000196. The predicted molar refractivity (Wildman–Crippen MR) is 84.4 cm³/mol. The van der Waals surface area contributed by atoms with Crippen molar-refractivity contribution in [3.63, 3.8) is 0 Å². The minimum absolute atomic E-state index is 0. The second-order valence-electron chi connectivity index (χ2n) is 5.33. The summed E-state index contributed by atoms with van der Waals surface area (Å²) in [6.07, 6.45) is 0. The Labute approximate surface area is 169 Å². The molecule has 0 saturated heterocycles. The van der Waals surface area contributed by atoms with E-state index < -0.39 is 34.8 Å². The van der Waals surface area contributed by atoms with E-state index in [0.717, 1.165) is 0 Å². The molecule has 10 heteroatoms. The van der Waals surface area contributed by atoms with Gasteiger partial charge in [0.25, 0.3) is 0 Å². The maximum absolute atomic E-state index is 14.3. The van der Waals surface area contributed by atoms with Gasteiger partial charge in [0, 0.05) is 12.1 Å². The van der Waals surface area contributed by atoms with Gasteiger partial charge in [0.05, 0.1) is 0 Å². The van der Waals surface area contributed by atoms with Crippen LogP contribution in [0, 0.1) is 23.3 Å². The molecule has 0 saturated carbocycles. The normalized spacial score (nSPS) is 9.93. The molecule has 3 rings (SSSR count). The molecule has 28 heavy (non-hydrogen) atoms. The van der Waals surface area contributed by atoms with Crippen molar-refractivity contribution in [2.24, 2.45) is 0 Å². The number of hydrogen-bond donors (Lipinski definition) is 2. The molecule has 0 amide bonds. The Morgan fingerprint density at radius 3 is 1.11 bits per heavy atom. The predicted octanol–water partition coefficient (Wildman–Crippen LogP) is -2.42. The number of halogens is 6. The molecule has 4 nitrogen and oxygen atoms in total. The minimum atomic E-state index is -1.72. The summed E-state index contributed by atoms with van der Waals surface area (Å²) >= 11 is 0. The van der Waals surface area contributed by atoms with E-state index in [4.69, 9.17) is 9.47 Å². The molecule has 0 bridgehead atoms. The molecule has 0 aromatic heterocycles. The molecular weight excluding hydrogens is 423 g/mol. The van der Waals surface area contributed by atoms with E-state index in [0.29, 0.717) is 11.4 Å². The van der Waals surface area contributed by atoms with Crippen molar-refractivity contribution < 1.29 is 63.3 Å². The average molecular weight is 437 g/mol. The van der Waals surface area contributed by atoms with Crippen LogP contribution in [0.1, 0.15) is 0 Å². The van der Waals surface area contributed by atoms with Crippen LogP contribution < -0.4 is 45.8 Å². The molecule has 3 aromatic rings. The van der Waals surface area contributed by atoms with Gasteiger partial charge in [-0.25, -0.2) is 0 Å². The van der Waals surface area contributed by atoms with E-state index in [1.807, 2.05) is 0 Å². The van der Waals surface area contributed by atoms with Crippen molar-refractivity contribution in [3.05, 3.63) is 71.8 Å². The Hall–Kier alpha value is -2.52. The van der Waals surface area contributed by atoms with Crippen LogP contribution in [0.4, 0.5) is 28.9 Å². The third-order valence-electron chi connectivity index (χ3n) is 3.55. The number of para-hydroxylation sites is 2. The van der Waals surface area contributed by atoms with Crippen LogP contribution in [-0.4, -0.2) is 0 Å². The fourth-order valence-electron chi connectivity index (χ4n) is 2.20. The van der Waals surface area contributed by atoms with Gasteiger partial charge in [0.1, 0.15) is 0 Å². The average Bonchev–Trinajstić information content (AvgIpc) is 2.63. The van der Waals surface area contributed by atoms with E-state index in [-0.39, 0.29) is 36.3 Å². The first-order valence-electron chi connectivity index (χ1n) is 7.43. The maximum atomic E-state index is 14.3. The smallest absolute Gasteiger partial charge is 0.208 e. The highest BCUT2D eigenvalue weighted by Gasteiger charge is 2.30. The molecule has 6 N–H and O–H groups in total. The lowest BCUT2D eigenvalue weighted by molar-refractivity contribution is -0.256. The number of ether oxygens (including phenoxy) is 2. The second-order valence-corrected chi connectivity index (χ2v) is 5.33. The van der Waals surface area contributed by atoms with Crippen LogP contribution in [-0.2, 0) is 0 Å². The third kappa shape index (κ3) is 4.48. The van der Waals surface area contributed by atoms with Crippen molar-refractivity contribution in [2.45, 2.75) is 0 Å². The molecule has 0 spiro atoms. The number of quaternary nitrogens is 2. The van der Waals surface area contributed by atoms with Gasteiger partial charge >= 0.3 is 0 Å². The van der Waals surface area contributed by atoms with Gasteiger partial charge in [-0.1, -0.05) is 24.3 Å². The van der Waals surface area contributed by atoms with E-state index in [1.165, 1.54) is 36.4 Å². The Morgan fingerprint density at radius 2 is 0.821 bits per heavy atom. The first kappa shape index (κ1) is 23.5. The summed E-state index contributed by atoms with van der Waals surface area (Å²) in [6, 6.07) is 12.0. The van der Waals surface area contributed by atoms with E-state index in [9.17, 15) is 17.6 Å². The van der Waals surface area contributed by atoms with Gasteiger partial charge in [-0.3, -0.25) is 0 Å². The lowest BCUT2D eigenvalue weighted by Crippen LogP contribution is -3.00. The van der Waals surface area contributed by atoms with Gasteiger partial charge in [-0.15, -0.1) is 0 Å². The topological polar surface area (TPSA) is 73.7 Å². The van der Waals surface area contributed by atoms with Crippen molar-refractivity contribution in [1.29, 1.82) is 0 Å². The van der Waals surface area contributed by atoms with E-state index in [1.54, 1.807) is 12.1 Å². The molecule has 0 unspecified atom stereocenters. The first-order chi connectivity index (χ1) is 12.4. The zero-order valence-corrected chi connectivity index (χ0v) is 15.6. The molecule has 0 heterocycles. The molecule has 3 aromatic carbocycles. The van der Waals surface area contributed by atoms with Gasteiger partial charge in [0.15, 0.2) is 22.9 Å². The van der Waals surface area contributed by atoms with Crippen LogP contribution in [0.5, 0.6) is 23.0 Å². The summed E-state index contributed by atoms with van der Waals surface area (Å²) in [7, 11) is 0. The monoisotopic (exact) mass is 436 g/mol. The Bertz CT molecular complexity index is 882. The fourth-order valence-corrected chi connectivity index (χ4v) is 2.20. The summed E-state index contributed by atoms with van der Waals surface area (Å²) in [5.74, 6) is -9.39. The molecule has 0 aliphatic rings. The van der Waals surface area contributed by atoms with Crippen molar-refractivity contribution in [3.8, 4) is 23.0 Å². The summed E-state index contributed by atoms with van der Waals surface area (Å²) in [5, 5.41) is 0. The van der Waals surface area contributed by atoms with Crippen LogP contribution in [0.15, 0.2) is 48.5 Å². The zero-order chi connectivity index (χ0) is 18.8. The standard InChI is InChI=1S/C18H12F4N2O2.2ClH/c19-13-15(21)18(26-12-8-4-2-6-10(12)24)16(22)14(20)17(13)25-11-7-3-1-5-9(11)23;;/h1-8H,23-24H2;2*1H. The van der Waals surface area contributed by atoms with Crippen LogP contribution in [0.3, 0.4) is 0 Å². The number of benzene rings is 3. The second kappa shape index (κ2) is 9.61. The molecule has 0 aliphatic heterocycles. The number of rotatable bonds is 4. The third-order valence-corrected chi connectivity index (χ3v) is 3.55. The number of hydrogen-bond acceptors (Lipinski definition) is 2. The fraction of sp³-hybridized carbons (Fsp3) is 0. The summed E-state index contributed by atoms with van der Waals surface area (Å²) in [5.41, 5.74) is 7.81. The van der Waals surface area contributed by atoms with Crippen molar-refractivity contribution in [1.82, 2.24) is 0 Å². The van der Waals surface area contributed by atoms with E-state index in [2.05, 4.69) is 11.5 Å². The summed E-state index contributed by atoms with van der Waals surface area (Å²) in [4.78, 5) is 0. The Kier molecular flexibility index (Phi) is 8.07. The molecule has 150 valence electrons. The Morgan fingerprint density at radius 1 is 0.536 bits per heavy atom. The molecule has 0 aliphatic carbocycles. The van der Waals surface area contributed by atoms with Gasteiger partial charge in [0.2, 0.25) is 34.8 Å². The molecule has 0 fully saturated rings. The zero-order valence-electron chi connectivity index (χ0n) is 14.1. The largest absolute Gasteiger partial charge is 1.00 e. The van der Waals surface area contributed by atoms with Crippen molar-refractivity contribution >= 4 is 11.4 Å². The van der Waals surface area contributed by atoms with Crippen LogP contribution in [0.2, 0.25) is 0 Å². The molecular formula is C18H14Cl2F4N2O2. The maximum Gasteiger partial charge on any atom is 0.208 e. The van der Waals surface area contributed by atoms with Crippen molar-refractivity contribution in [2.75, 3.05) is 0 Å². The highest BCUT2D eigenvalue weighted by molar-refractivity contribution is 5.50. The van der Waals surface area contributed by atoms with E-state index >= 15 is 0 Å². The molecule has 0 atom stereocenters. The lowest BCUT2D eigenvalue weighted by Gasteiger charge is -2.13. The highest BCUT2D eigenvalue weighted by atomic mass is 35.5. The summed E-state index contributed by atoms with van der Waals surface area (Å²) in [6.45, 7) is 0. The molecule has 0 radical (unpaired) electrons. The first-order valence-corrected chi connectivity index (χ1v) is 7.43. The van der Waals surface area contributed by atoms with Gasteiger partial charge in [-0.2, -0.15) is 17.6 Å². The van der Waals surface area contributed by atoms with Crippen LogP contribution in [0.25, 0.3) is 0 Å². The van der Waals surface area contributed by atoms with Gasteiger partial charge in [-0.05, 0) is 12.1 Å². The van der Waals surface area contributed by atoms with Crippen LogP contribution >= 0.6 is 0 Å². The van der Waals surface area contributed by atoms with Gasteiger partial charge < -0.3 is 45.8 Å². The highest BCUT2D eigenvalue weighted by Crippen LogP contribution is 2.40. The SMILES string of the molecule is [Cl-].[Cl-].[NH3+]c1ccccc1Oc1c(F)c(F)c(Oc2ccccc2[NH3+])c(F)c1F. The summed E-state index contributed by atoms with van der Waals surface area (Å²) < 4.78 is 67.2. The lowest BCUT2D eigenvalue weighted by atomic mass is 10.2.